The molecule has 1 amide bonds. The second-order valence-corrected chi connectivity index (χ2v) is 6.90. The molecule has 4 aromatic rings. The van der Waals surface area contributed by atoms with Crippen LogP contribution < -0.4 is 15.6 Å². The van der Waals surface area contributed by atoms with Crippen molar-refractivity contribution in [2.24, 2.45) is 0 Å². The van der Waals surface area contributed by atoms with E-state index in [1.807, 2.05) is 25.1 Å². The molecule has 0 aliphatic rings. The number of fused-ring (bicyclic) bond motifs is 1. The van der Waals surface area contributed by atoms with Gasteiger partial charge in [-0.25, -0.2) is 14.8 Å². The summed E-state index contributed by atoms with van der Waals surface area (Å²) in [5.74, 6) is 0.860. The number of aromatic nitrogens is 5. The molecule has 142 valence electrons. The average molecular weight is 396 g/mol. The van der Waals surface area contributed by atoms with Crippen molar-refractivity contribution in [3.8, 4) is 11.6 Å². The summed E-state index contributed by atoms with van der Waals surface area (Å²) in [5.41, 5.74) is 1.46. The van der Waals surface area contributed by atoms with Crippen molar-refractivity contribution in [2.45, 2.75) is 13.8 Å². The van der Waals surface area contributed by atoms with Gasteiger partial charge >= 0.3 is 0 Å². The molecule has 9 nitrogen and oxygen atoms in total. The summed E-state index contributed by atoms with van der Waals surface area (Å²) >= 11 is 1.37. The summed E-state index contributed by atoms with van der Waals surface area (Å²) in [7, 11) is 0. The van der Waals surface area contributed by atoms with Crippen LogP contribution in [0, 0.1) is 6.92 Å². The number of hydrogen-bond acceptors (Lipinski definition) is 7. The van der Waals surface area contributed by atoms with Crippen LogP contribution in [0.4, 0.5) is 5.13 Å². The van der Waals surface area contributed by atoms with Crippen molar-refractivity contribution in [3.05, 3.63) is 58.1 Å². The first-order valence-corrected chi connectivity index (χ1v) is 9.32. The zero-order chi connectivity index (χ0) is 19.7. The van der Waals surface area contributed by atoms with E-state index in [0.717, 1.165) is 16.0 Å². The Morgan fingerprint density at radius 1 is 1.32 bits per heavy atom. The van der Waals surface area contributed by atoms with Gasteiger partial charge in [-0.2, -0.15) is 10.2 Å². The fourth-order valence-corrected chi connectivity index (χ4v) is 3.59. The van der Waals surface area contributed by atoms with Gasteiger partial charge in [-0.05, 0) is 38.1 Å². The summed E-state index contributed by atoms with van der Waals surface area (Å²) in [4.78, 5) is 28.3. The number of amides is 1. The van der Waals surface area contributed by atoms with Crippen LogP contribution in [0.15, 0.2) is 41.3 Å². The molecule has 3 aromatic heterocycles. The highest BCUT2D eigenvalue weighted by Gasteiger charge is 2.17. The summed E-state index contributed by atoms with van der Waals surface area (Å²) in [6.07, 6.45) is 1.46. The third kappa shape index (κ3) is 3.37. The lowest BCUT2D eigenvalue weighted by Gasteiger charge is -2.03. The minimum absolute atomic E-state index is 0.310. The SMILES string of the molecule is CCOc1ccc2nc(NC(=O)c3cnn(-c4ccc(=O)[nH]n4)c3C)sc2c1. The van der Waals surface area contributed by atoms with Gasteiger partial charge in [0.2, 0.25) is 0 Å². The van der Waals surface area contributed by atoms with E-state index in [9.17, 15) is 9.59 Å². The third-order valence-electron chi connectivity index (χ3n) is 4.03. The number of hydrogen-bond donors (Lipinski definition) is 2. The minimum atomic E-state index is -0.322. The maximum atomic E-state index is 12.7. The average Bonchev–Trinajstić information content (AvgIpc) is 3.25. The first kappa shape index (κ1) is 17.9. The van der Waals surface area contributed by atoms with E-state index in [4.69, 9.17) is 4.74 Å². The molecule has 2 N–H and O–H groups in total. The van der Waals surface area contributed by atoms with Gasteiger partial charge in [0, 0.05) is 6.07 Å². The minimum Gasteiger partial charge on any atom is -0.494 e. The number of aromatic amines is 1. The monoisotopic (exact) mass is 396 g/mol. The van der Waals surface area contributed by atoms with Crippen LogP contribution in [0.5, 0.6) is 5.75 Å². The van der Waals surface area contributed by atoms with Crippen molar-refractivity contribution in [2.75, 3.05) is 11.9 Å². The quantitative estimate of drug-likeness (QED) is 0.536. The van der Waals surface area contributed by atoms with Gasteiger partial charge in [0.05, 0.1) is 34.3 Å². The molecule has 0 saturated carbocycles. The molecular formula is C18H16N6O3S. The van der Waals surface area contributed by atoms with Crippen molar-refractivity contribution in [1.29, 1.82) is 0 Å². The normalized spacial score (nSPS) is 10.9. The molecule has 0 unspecified atom stereocenters. The number of thiazole rings is 1. The Morgan fingerprint density at radius 3 is 2.93 bits per heavy atom. The van der Waals surface area contributed by atoms with Gasteiger partial charge in [-0.3, -0.25) is 14.9 Å². The highest BCUT2D eigenvalue weighted by Crippen LogP contribution is 2.29. The van der Waals surface area contributed by atoms with Crippen molar-refractivity contribution in [3.63, 3.8) is 0 Å². The smallest absolute Gasteiger partial charge is 0.264 e. The van der Waals surface area contributed by atoms with E-state index in [1.165, 1.54) is 34.3 Å². The van der Waals surface area contributed by atoms with Gasteiger partial charge < -0.3 is 4.74 Å². The van der Waals surface area contributed by atoms with E-state index in [-0.39, 0.29) is 11.5 Å². The molecule has 0 bridgehead atoms. The van der Waals surface area contributed by atoms with Gasteiger partial charge in [-0.1, -0.05) is 11.3 Å². The van der Waals surface area contributed by atoms with Crippen molar-refractivity contribution in [1.82, 2.24) is 25.0 Å². The molecule has 0 atom stereocenters. The zero-order valence-electron chi connectivity index (χ0n) is 15.1. The summed E-state index contributed by atoms with van der Waals surface area (Å²) in [5, 5.41) is 13.8. The van der Waals surface area contributed by atoms with Crippen molar-refractivity contribution < 1.29 is 9.53 Å². The molecule has 0 aliphatic heterocycles. The fraction of sp³-hybridized carbons (Fsp3) is 0.167. The standard InChI is InChI=1S/C18H16N6O3S/c1-3-27-11-4-5-13-14(8-11)28-18(20-13)21-17(26)12-9-19-24(10(12)2)15-6-7-16(25)23-22-15/h4-9H,3H2,1-2H3,(H,23,25)(H,20,21,26). The molecule has 4 rings (SSSR count). The lowest BCUT2D eigenvalue weighted by atomic mass is 10.2. The van der Waals surface area contributed by atoms with Crippen LogP contribution in [0.3, 0.4) is 0 Å². The topological polar surface area (TPSA) is 115 Å². The van der Waals surface area contributed by atoms with Gasteiger partial charge in [0.15, 0.2) is 10.9 Å². The van der Waals surface area contributed by atoms with Crippen LogP contribution in [-0.4, -0.2) is 37.5 Å². The predicted octanol–water partition coefficient (Wildman–Crippen LogP) is 2.52. The Balaban J connectivity index is 1.58. The summed E-state index contributed by atoms with van der Waals surface area (Å²) in [6.45, 7) is 4.26. The molecule has 1 aromatic carbocycles. The van der Waals surface area contributed by atoms with Crippen LogP contribution in [0.25, 0.3) is 16.0 Å². The van der Waals surface area contributed by atoms with E-state index in [1.54, 1.807) is 6.92 Å². The molecule has 0 radical (unpaired) electrons. The molecule has 0 saturated heterocycles. The first-order valence-electron chi connectivity index (χ1n) is 8.50. The summed E-state index contributed by atoms with van der Waals surface area (Å²) < 4.78 is 7.90. The maximum absolute atomic E-state index is 12.7. The second-order valence-electron chi connectivity index (χ2n) is 5.87. The number of H-pyrrole nitrogens is 1. The van der Waals surface area contributed by atoms with Crippen LogP contribution in [0.2, 0.25) is 0 Å². The Morgan fingerprint density at radius 2 is 2.18 bits per heavy atom. The fourth-order valence-electron chi connectivity index (χ4n) is 2.70. The van der Waals surface area contributed by atoms with E-state index < -0.39 is 0 Å². The molecular weight excluding hydrogens is 380 g/mol. The number of ether oxygens (including phenoxy) is 1. The van der Waals surface area contributed by atoms with Gasteiger partial charge in [-0.15, -0.1) is 0 Å². The Bertz CT molecular complexity index is 1210. The Hall–Kier alpha value is -3.53. The second kappa shape index (κ2) is 7.24. The van der Waals surface area contributed by atoms with Gasteiger partial charge in [0.1, 0.15) is 5.75 Å². The number of anilines is 1. The number of carbonyl (C=O) groups excluding carboxylic acids is 1. The molecule has 3 heterocycles. The van der Waals surface area contributed by atoms with Crippen LogP contribution >= 0.6 is 11.3 Å². The molecule has 0 fully saturated rings. The van der Waals surface area contributed by atoms with E-state index in [0.29, 0.717) is 28.8 Å². The first-order chi connectivity index (χ1) is 13.5. The molecule has 10 heteroatoms. The predicted molar refractivity (Wildman–Crippen MR) is 105 cm³/mol. The van der Waals surface area contributed by atoms with E-state index in [2.05, 4.69) is 25.6 Å². The number of benzene rings is 1. The molecule has 0 spiro atoms. The highest BCUT2D eigenvalue weighted by molar-refractivity contribution is 7.22. The molecule has 28 heavy (non-hydrogen) atoms. The van der Waals surface area contributed by atoms with Crippen LogP contribution in [-0.2, 0) is 0 Å². The van der Waals surface area contributed by atoms with Crippen molar-refractivity contribution >= 4 is 32.6 Å². The lowest BCUT2D eigenvalue weighted by molar-refractivity contribution is 0.102. The van der Waals surface area contributed by atoms with E-state index >= 15 is 0 Å². The third-order valence-corrected chi connectivity index (χ3v) is 4.96. The number of nitrogens with one attached hydrogen (secondary N) is 2. The zero-order valence-corrected chi connectivity index (χ0v) is 15.9. The lowest BCUT2D eigenvalue weighted by Crippen LogP contribution is -2.14. The largest absolute Gasteiger partial charge is 0.494 e. The Kier molecular flexibility index (Phi) is 4.62. The Labute approximate surface area is 163 Å². The van der Waals surface area contributed by atoms with Gasteiger partial charge in [0.25, 0.3) is 11.5 Å². The number of rotatable bonds is 5. The molecule has 0 aliphatic carbocycles. The summed E-state index contributed by atoms with van der Waals surface area (Å²) in [6, 6.07) is 8.49. The number of carbonyl (C=O) groups is 1. The highest BCUT2D eigenvalue weighted by atomic mass is 32.1. The van der Waals surface area contributed by atoms with Crippen LogP contribution in [0.1, 0.15) is 23.0 Å². The number of nitrogens with zero attached hydrogens (tertiary/aromatic N) is 4. The maximum Gasteiger partial charge on any atom is 0.264 e.